The molecule has 0 spiro atoms. The molecule has 6 nitrogen and oxygen atoms in total. The Morgan fingerprint density at radius 1 is 1.63 bits per heavy atom. The van der Waals surface area contributed by atoms with E-state index in [1.165, 1.54) is 18.3 Å². The van der Waals surface area contributed by atoms with Gasteiger partial charge in [0.1, 0.15) is 17.1 Å². The standard InChI is InChI=1S/C11H12FN3O3S/c12-8-4-9(7-16)15(6-8)19(17,18)11-2-1-3-14-10(11)5-13/h1-3,8-9,16H,4,6-7H2/t8-,9-/m0/s1. The summed E-state index contributed by atoms with van der Waals surface area (Å²) in [5.74, 6) is 0. The fraction of sp³-hybridized carbons (Fsp3) is 0.455. The second-order valence-corrected chi connectivity index (χ2v) is 6.07. The summed E-state index contributed by atoms with van der Waals surface area (Å²) in [5.41, 5.74) is -0.235. The zero-order valence-electron chi connectivity index (χ0n) is 9.90. The summed E-state index contributed by atoms with van der Waals surface area (Å²) in [6.45, 7) is -0.769. The minimum atomic E-state index is -4.03. The normalized spacial score (nSPS) is 24.3. The van der Waals surface area contributed by atoms with E-state index in [9.17, 15) is 12.8 Å². The molecule has 102 valence electrons. The first-order chi connectivity index (χ1) is 9.00. The van der Waals surface area contributed by atoms with Crippen molar-refractivity contribution >= 4 is 10.0 Å². The van der Waals surface area contributed by atoms with Gasteiger partial charge < -0.3 is 5.11 Å². The van der Waals surface area contributed by atoms with Gasteiger partial charge >= 0.3 is 0 Å². The molecule has 1 aromatic rings. The lowest BCUT2D eigenvalue weighted by Crippen LogP contribution is -2.38. The molecule has 0 aromatic carbocycles. The number of pyridine rings is 1. The topological polar surface area (TPSA) is 94.3 Å². The van der Waals surface area contributed by atoms with Crippen molar-refractivity contribution < 1.29 is 17.9 Å². The van der Waals surface area contributed by atoms with Gasteiger partial charge in [-0.3, -0.25) is 0 Å². The fourth-order valence-electron chi connectivity index (χ4n) is 2.10. The average molecular weight is 285 g/mol. The van der Waals surface area contributed by atoms with E-state index in [-0.39, 0.29) is 23.6 Å². The minimum absolute atomic E-state index is 0.0438. The maximum absolute atomic E-state index is 13.3. The zero-order valence-corrected chi connectivity index (χ0v) is 10.7. The Kier molecular flexibility index (Phi) is 3.80. The maximum atomic E-state index is 13.3. The SMILES string of the molecule is N#Cc1ncccc1S(=O)(=O)N1C[C@@H](F)C[C@H]1CO. The molecular formula is C11H12FN3O3S. The summed E-state index contributed by atoms with van der Waals surface area (Å²) < 4.78 is 39.0. The van der Waals surface area contributed by atoms with E-state index in [1.807, 2.05) is 0 Å². The second kappa shape index (κ2) is 5.21. The zero-order chi connectivity index (χ0) is 14.0. The van der Waals surface area contributed by atoms with Crippen molar-refractivity contribution in [2.75, 3.05) is 13.2 Å². The highest BCUT2D eigenvalue weighted by molar-refractivity contribution is 7.89. The molecule has 1 aromatic heterocycles. The van der Waals surface area contributed by atoms with Gasteiger partial charge in [0.15, 0.2) is 5.69 Å². The fourth-order valence-corrected chi connectivity index (χ4v) is 3.85. The third-order valence-electron chi connectivity index (χ3n) is 2.99. The predicted molar refractivity (Wildman–Crippen MR) is 63.2 cm³/mol. The highest BCUT2D eigenvalue weighted by Crippen LogP contribution is 2.28. The highest BCUT2D eigenvalue weighted by Gasteiger charge is 2.41. The quantitative estimate of drug-likeness (QED) is 0.846. The Morgan fingerprint density at radius 2 is 2.37 bits per heavy atom. The molecule has 0 aliphatic carbocycles. The lowest BCUT2D eigenvalue weighted by Gasteiger charge is -2.22. The predicted octanol–water partition coefficient (Wildman–Crippen LogP) is 0.0467. The summed E-state index contributed by atoms with van der Waals surface area (Å²) in [6, 6.07) is 3.54. The summed E-state index contributed by atoms with van der Waals surface area (Å²) in [7, 11) is -4.03. The van der Waals surface area contributed by atoms with Crippen molar-refractivity contribution in [1.29, 1.82) is 5.26 Å². The van der Waals surface area contributed by atoms with Crippen LogP contribution in [0.4, 0.5) is 4.39 Å². The Morgan fingerprint density at radius 3 is 3.00 bits per heavy atom. The van der Waals surface area contributed by atoms with Gasteiger partial charge in [0.05, 0.1) is 12.6 Å². The summed E-state index contributed by atoms with van der Waals surface area (Å²) >= 11 is 0. The van der Waals surface area contributed by atoms with Crippen LogP contribution in [0.3, 0.4) is 0 Å². The number of hydrogen-bond acceptors (Lipinski definition) is 5. The number of aliphatic hydroxyl groups is 1. The van der Waals surface area contributed by atoms with E-state index in [0.29, 0.717) is 0 Å². The number of hydrogen-bond donors (Lipinski definition) is 1. The molecule has 0 amide bonds. The van der Waals surface area contributed by atoms with Crippen molar-refractivity contribution in [3.63, 3.8) is 0 Å². The first-order valence-electron chi connectivity index (χ1n) is 5.62. The summed E-state index contributed by atoms with van der Waals surface area (Å²) in [6.07, 6.45) is -0.0462. The Balaban J connectivity index is 2.46. The van der Waals surface area contributed by atoms with E-state index in [0.717, 1.165) is 4.31 Å². The van der Waals surface area contributed by atoms with Crippen molar-refractivity contribution in [1.82, 2.24) is 9.29 Å². The van der Waals surface area contributed by atoms with Gasteiger partial charge in [-0.15, -0.1) is 0 Å². The molecule has 1 N–H and O–H groups in total. The van der Waals surface area contributed by atoms with E-state index in [1.54, 1.807) is 6.07 Å². The molecule has 1 aliphatic rings. The number of nitriles is 1. The number of aromatic nitrogens is 1. The monoisotopic (exact) mass is 285 g/mol. The highest BCUT2D eigenvalue weighted by atomic mass is 32.2. The van der Waals surface area contributed by atoms with E-state index < -0.39 is 28.8 Å². The summed E-state index contributed by atoms with van der Waals surface area (Å²) in [4.78, 5) is 3.42. The number of nitrogens with zero attached hydrogens (tertiary/aromatic N) is 3. The van der Waals surface area contributed by atoms with Crippen LogP contribution in [0.1, 0.15) is 12.1 Å². The molecule has 1 saturated heterocycles. The molecule has 2 rings (SSSR count). The molecule has 1 fully saturated rings. The van der Waals surface area contributed by atoms with Gasteiger partial charge in [0.2, 0.25) is 10.0 Å². The Hall–Kier alpha value is -1.56. The first kappa shape index (κ1) is 13.9. The minimum Gasteiger partial charge on any atom is -0.395 e. The smallest absolute Gasteiger partial charge is 0.246 e. The van der Waals surface area contributed by atoms with Crippen LogP contribution >= 0.6 is 0 Å². The van der Waals surface area contributed by atoms with Crippen LogP contribution in [-0.4, -0.2) is 48.2 Å². The third-order valence-corrected chi connectivity index (χ3v) is 4.94. The molecule has 0 radical (unpaired) electrons. The number of halogens is 1. The molecule has 8 heteroatoms. The molecule has 0 unspecified atom stereocenters. The van der Waals surface area contributed by atoms with Crippen molar-refractivity contribution in [2.45, 2.75) is 23.5 Å². The van der Waals surface area contributed by atoms with Crippen LogP contribution in [-0.2, 0) is 10.0 Å². The molecule has 0 saturated carbocycles. The number of rotatable bonds is 3. The van der Waals surface area contributed by atoms with Crippen LogP contribution in [0, 0.1) is 11.3 Å². The third kappa shape index (κ3) is 2.45. The molecule has 1 aliphatic heterocycles. The lowest BCUT2D eigenvalue weighted by atomic mass is 10.2. The van der Waals surface area contributed by atoms with Gasteiger partial charge in [-0.05, 0) is 18.6 Å². The first-order valence-corrected chi connectivity index (χ1v) is 7.06. The second-order valence-electron chi connectivity index (χ2n) is 4.21. The van der Waals surface area contributed by atoms with E-state index >= 15 is 0 Å². The Bertz CT molecular complexity index is 614. The molecule has 19 heavy (non-hydrogen) atoms. The van der Waals surface area contributed by atoms with E-state index in [4.69, 9.17) is 10.4 Å². The van der Waals surface area contributed by atoms with Crippen LogP contribution in [0.15, 0.2) is 23.2 Å². The molecule has 2 heterocycles. The van der Waals surface area contributed by atoms with Crippen LogP contribution in [0.25, 0.3) is 0 Å². The van der Waals surface area contributed by atoms with E-state index in [2.05, 4.69) is 4.98 Å². The van der Waals surface area contributed by atoms with Gasteiger partial charge in [-0.25, -0.2) is 17.8 Å². The van der Waals surface area contributed by atoms with Crippen molar-refractivity contribution in [2.24, 2.45) is 0 Å². The van der Waals surface area contributed by atoms with Gasteiger partial charge in [0, 0.05) is 12.7 Å². The largest absolute Gasteiger partial charge is 0.395 e. The van der Waals surface area contributed by atoms with Crippen LogP contribution in [0.5, 0.6) is 0 Å². The van der Waals surface area contributed by atoms with Crippen molar-refractivity contribution in [3.8, 4) is 6.07 Å². The van der Waals surface area contributed by atoms with Gasteiger partial charge in [-0.1, -0.05) is 0 Å². The average Bonchev–Trinajstić information content (AvgIpc) is 2.80. The molecule has 0 bridgehead atoms. The maximum Gasteiger partial charge on any atom is 0.246 e. The van der Waals surface area contributed by atoms with Crippen LogP contribution in [0.2, 0.25) is 0 Å². The van der Waals surface area contributed by atoms with Crippen LogP contribution < -0.4 is 0 Å². The Labute approximate surface area is 110 Å². The molecular weight excluding hydrogens is 273 g/mol. The molecule has 2 atom stereocenters. The number of aliphatic hydroxyl groups excluding tert-OH is 1. The summed E-state index contributed by atoms with van der Waals surface area (Å²) in [5, 5.41) is 18.0. The lowest BCUT2D eigenvalue weighted by molar-refractivity contribution is 0.213. The van der Waals surface area contributed by atoms with Gasteiger partial charge in [0.25, 0.3) is 0 Å². The number of alkyl halides is 1. The van der Waals surface area contributed by atoms with Crippen molar-refractivity contribution in [3.05, 3.63) is 24.0 Å². The number of sulfonamides is 1. The van der Waals surface area contributed by atoms with Gasteiger partial charge in [-0.2, -0.15) is 9.57 Å².